The normalized spacial score (nSPS) is 11.3. The highest BCUT2D eigenvalue weighted by atomic mass is 16.7. The third-order valence-electron chi connectivity index (χ3n) is 8.65. The van der Waals surface area contributed by atoms with E-state index in [1.165, 1.54) is 11.1 Å². The van der Waals surface area contributed by atoms with Gasteiger partial charge in [0.2, 0.25) is 0 Å². The SMILES string of the molecule is CCCCc1ccc2c(-c3ccc(-c4c(OCOC)c(OCOC)cc5cc(CCCC)ccc45)cc3)c(OCOC)c(OCOC)cc2c1. The van der Waals surface area contributed by atoms with E-state index < -0.39 is 0 Å². The molecule has 0 aliphatic carbocycles. The molecule has 5 aromatic carbocycles. The highest BCUT2D eigenvalue weighted by Crippen LogP contribution is 2.48. The number of hydrogen-bond donors (Lipinski definition) is 0. The number of hydrogen-bond acceptors (Lipinski definition) is 8. The van der Waals surface area contributed by atoms with Crippen LogP contribution in [-0.4, -0.2) is 55.6 Å². The van der Waals surface area contributed by atoms with Crippen LogP contribution in [0.3, 0.4) is 0 Å². The Morgan fingerprint density at radius 3 is 1.18 bits per heavy atom. The van der Waals surface area contributed by atoms with Crippen LogP contribution in [0.4, 0.5) is 0 Å². The van der Waals surface area contributed by atoms with Gasteiger partial charge in [0.05, 0.1) is 0 Å². The molecule has 0 radical (unpaired) electrons. The summed E-state index contributed by atoms with van der Waals surface area (Å²) in [7, 11) is 6.43. The Morgan fingerprint density at radius 2 is 0.820 bits per heavy atom. The summed E-state index contributed by atoms with van der Waals surface area (Å²) >= 11 is 0. The van der Waals surface area contributed by atoms with E-state index in [0.717, 1.165) is 82.3 Å². The summed E-state index contributed by atoms with van der Waals surface area (Å²) < 4.78 is 45.9. The van der Waals surface area contributed by atoms with E-state index in [1.807, 2.05) is 12.1 Å². The van der Waals surface area contributed by atoms with Crippen LogP contribution < -0.4 is 18.9 Å². The van der Waals surface area contributed by atoms with Gasteiger partial charge in [0.1, 0.15) is 0 Å². The van der Waals surface area contributed by atoms with Crippen LogP contribution in [0.25, 0.3) is 43.8 Å². The van der Waals surface area contributed by atoms with Crippen LogP contribution in [-0.2, 0) is 31.8 Å². The molecule has 0 N–H and O–H groups in total. The summed E-state index contributed by atoms with van der Waals surface area (Å²) in [6, 6.07) is 25.8. The third kappa shape index (κ3) is 8.68. The lowest BCUT2D eigenvalue weighted by Crippen LogP contribution is -2.06. The molecule has 0 heterocycles. The standard InChI is InChI=1S/C42H50O8/c1-7-9-11-29-13-19-35-33(21-29)23-37(47-25-43-3)41(49-27-45-5)39(35)31-15-17-32(18-16-31)40-36-20-14-30(12-10-8-2)22-34(36)24-38(48-26-44-4)42(40)50-28-46-6/h13-24H,7-12,25-28H2,1-6H3. The highest BCUT2D eigenvalue weighted by molar-refractivity contribution is 6.04. The number of fused-ring (bicyclic) bond motifs is 2. The minimum absolute atomic E-state index is 0.0647. The van der Waals surface area contributed by atoms with E-state index in [-0.39, 0.29) is 27.2 Å². The van der Waals surface area contributed by atoms with Crippen molar-refractivity contribution in [2.75, 3.05) is 55.6 Å². The minimum Gasteiger partial charge on any atom is -0.464 e. The molecule has 0 aliphatic heterocycles. The van der Waals surface area contributed by atoms with Gasteiger partial charge >= 0.3 is 0 Å². The quantitative estimate of drug-likeness (QED) is 0.0752. The lowest BCUT2D eigenvalue weighted by atomic mass is 9.91. The highest BCUT2D eigenvalue weighted by Gasteiger charge is 2.22. The number of rotatable bonds is 20. The molecule has 266 valence electrons. The second kappa shape index (κ2) is 18.6. The van der Waals surface area contributed by atoms with Crippen molar-refractivity contribution in [3.8, 4) is 45.3 Å². The van der Waals surface area contributed by atoms with Crippen LogP contribution in [0.5, 0.6) is 23.0 Å². The summed E-state index contributed by atoms with van der Waals surface area (Å²) in [6.45, 7) is 4.72. The molecule has 0 saturated heterocycles. The molecule has 0 unspecified atom stereocenters. The molecule has 0 aliphatic rings. The zero-order valence-corrected chi connectivity index (χ0v) is 30.3. The summed E-state index contributed by atoms with van der Waals surface area (Å²) in [5.41, 5.74) is 6.33. The first kappa shape index (κ1) is 36.9. The predicted octanol–water partition coefficient (Wildman–Crippen LogP) is 9.94. The summed E-state index contributed by atoms with van der Waals surface area (Å²) in [6.07, 6.45) is 6.56. The first-order chi connectivity index (χ1) is 24.6. The van der Waals surface area contributed by atoms with Gasteiger partial charge in [-0.05, 0) is 81.6 Å². The first-order valence-corrected chi connectivity index (χ1v) is 17.3. The van der Waals surface area contributed by atoms with Gasteiger partial charge in [-0.2, -0.15) is 0 Å². The van der Waals surface area contributed by atoms with Gasteiger partial charge in [0.25, 0.3) is 0 Å². The molecule has 8 heteroatoms. The fourth-order valence-corrected chi connectivity index (χ4v) is 6.25. The maximum absolute atomic E-state index is 6.24. The van der Waals surface area contributed by atoms with Gasteiger partial charge in [-0.25, -0.2) is 0 Å². The van der Waals surface area contributed by atoms with Crippen molar-refractivity contribution in [3.63, 3.8) is 0 Å². The van der Waals surface area contributed by atoms with Crippen molar-refractivity contribution >= 4 is 21.5 Å². The molecular weight excluding hydrogens is 632 g/mol. The van der Waals surface area contributed by atoms with Crippen LogP contribution in [0.1, 0.15) is 50.7 Å². The van der Waals surface area contributed by atoms with Crippen molar-refractivity contribution in [1.29, 1.82) is 0 Å². The average molecular weight is 683 g/mol. The van der Waals surface area contributed by atoms with Crippen molar-refractivity contribution in [3.05, 3.63) is 83.9 Å². The lowest BCUT2D eigenvalue weighted by molar-refractivity contribution is 0.0327. The monoisotopic (exact) mass is 682 g/mol. The number of benzene rings is 5. The van der Waals surface area contributed by atoms with Gasteiger partial charge in [-0.1, -0.05) is 87.4 Å². The maximum atomic E-state index is 6.24. The van der Waals surface area contributed by atoms with E-state index in [1.54, 1.807) is 28.4 Å². The maximum Gasteiger partial charge on any atom is 0.188 e. The molecule has 0 atom stereocenters. The minimum atomic E-state index is 0.0647. The molecule has 8 nitrogen and oxygen atoms in total. The van der Waals surface area contributed by atoms with E-state index in [2.05, 4.69) is 74.5 Å². The van der Waals surface area contributed by atoms with Gasteiger partial charge in [-0.15, -0.1) is 0 Å². The van der Waals surface area contributed by atoms with Crippen molar-refractivity contribution < 1.29 is 37.9 Å². The Kier molecular flexibility index (Phi) is 13.7. The van der Waals surface area contributed by atoms with Gasteiger partial charge < -0.3 is 37.9 Å². The van der Waals surface area contributed by atoms with Crippen LogP contribution in [0.2, 0.25) is 0 Å². The molecule has 0 saturated carbocycles. The van der Waals surface area contributed by atoms with E-state index >= 15 is 0 Å². The molecule has 0 aromatic heterocycles. The fraction of sp³-hybridized carbons (Fsp3) is 0.381. The first-order valence-electron chi connectivity index (χ1n) is 17.3. The summed E-state index contributed by atoms with van der Waals surface area (Å²) in [5, 5.41) is 4.24. The van der Waals surface area contributed by atoms with E-state index in [0.29, 0.717) is 23.0 Å². The van der Waals surface area contributed by atoms with Crippen molar-refractivity contribution in [2.24, 2.45) is 0 Å². The Balaban J connectivity index is 1.70. The number of ether oxygens (including phenoxy) is 8. The Hall–Kier alpha value is -4.34. The van der Waals surface area contributed by atoms with Crippen molar-refractivity contribution in [1.82, 2.24) is 0 Å². The Bertz CT molecular complexity index is 1700. The molecule has 50 heavy (non-hydrogen) atoms. The smallest absolute Gasteiger partial charge is 0.188 e. The van der Waals surface area contributed by atoms with Crippen LogP contribution in [0.15, 0.2) is 72.8 Å². The molecule has 5 aromatic rings. The number of unbranched alkanes of at least 4 members (excludes halogenated alkanes) is 2. The van der Waals surface area contributed by atoms with E-state index in [4.69, 9.17) is 37.9 Å². The number of methoxy groups -OCH3 is 4. The average Bonchev–Trinajstić information content (AvgIpc) is 3.15. The molecule has 0 amide bonds. The molecule has 0 fully saturated rings. The van der Waals surface area contributed by atoms with Gasteiger partial charge in [0.15, 0.2) is 50.2 Å². The van der Waals surface area contributed by atoms with E-state index in [9.17, 15) is 0 Å². The number of aryl methyl sites for hydroxylation is 2. The van der Waals surface area contributed by atoms with Crippen LogP contribution in [0, 0.1) is 0 Å². The van der Waals surface area contributed by atoms with Gasteiger partial charge in [-0.3, -0.25) is 0 Å². The van der Waals surface area contributed by atoms with Crippen molar-refractivity contribution in [2.45, 2.75) is 52.4 Å². The molecule has 5 rings (SSSR count). The largest absolute Gasteiger partial charge is 0.464 e. The van der Waals surface area contributed by atoms with Crippen LogP contribution >= 0.6 is 0 Å². The molecule has 0 bridgehead atoms. The second-order valence-electron chi connectivity index (χ2n) is 12.3. The zero-order valence-electron chi connectivity index (χ0n) is 30.3. The lowest BCUT2D eigenvalue weighted by Gasteiger charge is -2.21. The zero-order chi connectivity index (χ0) is 35.3. The second-order valence-corrected chi connectivity index (χ2v) is 12.3. The Labute approximate surface area is 296 Å². The summed E-state index contributed by atoms with van der Waals surface area (Å²) in [5.74, 6) is 2.36. The van der Waals surface area contributed by atoms with Gasteiger partial charge in [0, 0.05) is 39.6 Å². The predicted molar refractivity (Wildman–Crippen MR) is 200 cm³/mol. The topological polar surface area (TPSA) is 73.8 Å². The summed E-state index contributed by atoms with van der Waals surface area (Å²) in [4.78, 5) is 0. The molecular formula is C42H50O8. The molecule has 0 spiro atoms. The fourth-order valence-electron chi connectivity index (χ4n) is 6.25. The Morgan fingerprint density at radius 1 is 0.440 bits per heavy atom. The third-order valence-corrected chi connectivity index (χ3v) is 8.65.